The fourth-order valence-corrected chi connectivity index (χ4v) is 5.33. The molecule has 2 heterocycles. The monoisotopic (exact) mass is 326 g/mol. The highest BCUT2D eigenvalue weighted by molar-refractivity contribution is 7.99. The summed E-state index contributed by atoms with van der Waals surface area (Å²) in [6, 6.07) is 0.949. The molecule has 0 aromatic heterocycles. The van der Waals surface area contributed by atoms with E-state index in [1.807, 2.05) is 11.8 Å². The highest BCUT2D eigenvalue weighted by atomic mass is 32.2. The van der Waals surface area contributed by atoms with Crippen LogP contribution in [0.15, 0.2) is 0 Å². The van der Waals surface area contributed by atoms with Gasteiger partial charge in [0.1, 0.15) is 5.60 Å². The van der Waals surface area contributed by atoms with Gasteiger partial charge in [0.2, 0.25) is 0 Å². The summed E-state index contributed by atoms with van der Waals surface area (Å²) in [6.07, 6.45) is 10.2. The predicted molar refractivity (Wildman–Crippen MR) is 91.1 cm³/mol. The maximum atomic E-state index is 12.5. The van der Waals surface area contributed by atoms with Crippen molar-refractivity contribution >= 4 is 17.7 Å². The fourth-order valence-electron chi connectivity index (χ4n) is 4.16. The molecule has 5 heteroatoms. The van der Waals surface area contributed by atoms with Gasteiger partial charge in [-0.25, -0.2) is 0 Å². The van der Waals surface area contributed by atoms with Gasteiger partial charge in [-0.1, -0.05) is 19.3 Å². The minimum atomic E-state index is -1.11. The van der Waals surface area contributed by atoms with E-state index in [-0.39, 0.29) is 11.9 Å². The molecule has 4 nitrogen and oxygen atoms in total. The molecule has 0 spiro atoms. The number of likely N-dealkylation sites (tertiary alicyclic amines) is 1. The molecule has 2 saturated heterocycles. The maximum Gasteiger partial charge on any atom is 0.252 e. The van der Waals surface area contributed by atoms with Crippen LogP contribution in [0.1, 0.15) is 57.8 Å². The van der Waals surface area contributed by atoms with Gasteiger partial charge in [0.05, 0.1) is 0 Å². The molecule has 2 N–H and O–H groups in total. The van der Waals surface area contributed by atoms with Gasteiger partial charge >= 0.3 is 0 Å². The molecule has 0 aromatic rings. The van der Waals surface area contributed by atoms with Crippen LogP contribution in [0.2, 0.25) is 0 Å². The molecule has 3 fully saturated rings. The van der Waals surface area contributed by atoms with Crippen molar-refractivity contribution in [3.05, 3.63) is 0 Å². The summed E-state index contributed by atoms with van der Waals surface area (Å²) in [7, 11) is 0. The Morgan fingerprint density at radius 3 is 2.55 bits per heavy atom. The Morgan fingerprint density at radius 1 is 1.09 bits per heavy atom. The molecular formula is C17H30N2O2S. The van der Waals surface area contributed by atoms with E-state index in [1.54, 1.807) is 0 Å². The fraction of sp³-hybridized carbons (Fsp3) is 0.941. The number of carbonyl (C=O) groups excluding carboxylic acids is 1. The zero-order valence-electron chi connectivity index (χ0n) is 13.6. The number of amides is 1. The topological polar surface area (TPSA) is 52.6 Å². The van der Waals surface area contributed by atoms with Crippen molar-refractivity contribution in [2.45, 2.75) is 75.5 Å². The van der Waals surface area contributed by atoms with Gasteiger partial charge in [0, 0.05) is 18.6 Å². The minimum absolute atomic E-state index is 0.122. The van der Waals surface area contributed by atoms with Crippen molar-refractivity contribution in [1.82, 2.24) is 10.2 Å². The lowest BCUT2D eigenvalue weighted by Gasteiger charge is -2.41. The van der Waals surface area contributed by atoms with Crippen molar-refractivity contribution in [3.8, 4) is 0 Å². The molecule has 0 radical (unpaired) electrons. The molecule has 0 bridgehead atoms. The first kappa shape index (κ1) is 16.6. The van der Waals surface area contributed by atoms with Gasteiger partial charge in [0.25, 0.3) is 5.91 Å². The highest BCUT2D eigenvalue weighted by Crippen LogP contribution is 2.28. The minimum Gasteiger partial charge on any atom is -0.380 e. The smallest absolute Gasteiger partial charge is 0.252 e. The summed E-state index contributed by atoms with van der Waals surface area (Å²) in [6.45, 7) is 2.15. The second-order valence-corrected chi connectivity index (χ2v) is 8.47. The van der Waals surface area contributed by atoms with Crippen molar-refractivity contribution in [1.29, 1.82) is 0 Å². The summed E-state index contributed by atoms with van der Waals surface area (Å²) >= 11 is 1.83. The molecule has 1 amide bonds. The van der Waals surface area contributed by atoms with E-state index in [0.717, 1.165) is 36.9 Å². The summed E-state index contributed by atoms with van der Waals surface area (Å²) < 4.78 is 0. The Balaban J connectivity index is 1.52. The van der Waals surface area contributed by atoms with E-state index in [4.69, 9.17) is 0 Å². The van der Waals surface area contributed by atoms with Crippen molar-refractivity contribution in [2.75, 3.05) is 24.6 Å². The van der Waals surface area contributed by atoms with Crippen LogP contribution in [0, 0.1) is 0 Å². The van der Waals surface area contributed by atoms with Gasteiger partial charge in [0.15, 0.2) is 0 Å². The van der Waals surface area contributed by atoms with Crippen molar-refractivity contribution < 1.29 is 9.90 Å². The molecule has 3 aliphatic rings. The quantitative estimate of drug-likeness (QED) is 0.834. The van der Waals surface area contributed by atoms with Gasteiger partial charge in [-0.2, -0.15) is 11.8 Å². The number of hydrogen-bond acceptors (Lipinski definition) is 4. The number of thioether (sulfide) groups is 1. The van der Waals surface area contributed by atoms with E-state index >= 15 is 0 Å². The van der Waals surface area contributed by atoms with Crippen LogP contribution in [0.3, 0.4) is 0 Å². The van der Waals surface area contributed by atoms with Crippen molar-refractivity contribution in [2.24, 2.45) is 0 Å². The van der Waals surface area contributed by atoms with Crippen LogP contribution >= 0.6 is 11.8 Å². The second kappa shape index (κ2) is 7.54. The largest absolute Gasteiger partial charge is 0.380 e. The Kier molecular flexibility index (Phi) is 5.69. The van der Waals surface area contributed by atoms with E-state index in [9.17, 15) is 9.90 Å². The molecule has 1 saturated carbocycles. The van der Waals surface area contributed by atoms with Crippen LogP contribution in [0.4, 0.5) is 0 Å². The first-order chi connectivity index (χ1) is 10.7. The summed E-state index contributed by atoms with van der Waals surface area (Å²) in [5, 5.41) is 13.7. The Morgan fingerprint density at radius 2 is 1.82 bits per heavy atom. The zero-order chi connectivity index (χ0) is 15.4. The lowest BCUT2D eigenvalue weighted by atomic mass is 9.91. The first-order valence-electron chi connectivity index (χ1n) is 9.02. The number of rotatable bonds is 3. The average Bonchev–Trinajstić information content (AvgIpc) is 2.56. The van der Waals surface area contributed by atoms with Gasteiger partial charge in [-0.05, 0) is 56.6 Å². The molecular weight excluding hydrogens is 296 g/mol. The average molecular weight is 327 g/mol. The Labute approximate surface area is 138 Å². The lowest BCUT2D eigenvalue weighted by Crippen LogP contribution is -2.57. The number of nitrogens with one attached hydrogen (secondary N) is 1. The molecule has 2 aliphatic heterocycles. The number of aliphatic hydroxyl groups is 1. The molecule has 1 unspecified atom stereocenters. The molecule has 126 valence electrons. The molecule has 1 aliphatic carbocycles. The summed E-state index contributed by atoms with van der Waals surface area (Å²) in [5.41, 5.74) is -1.11. The van der Waals surface area contributed by atoms with E-state index < -0.39 is 5.60 Å². The number of hydrogen-bond donors (Lipinski definition) is 2. The SMILES string of the molecule is O=C(NC1CCCN(C2CCCCC2)C1)C1(O)CCSCC1. The van der Waals surface area contributed by atoms with Gasteiger partial charge in [-0.3, -0.25) is 9.69 Å². The number of carbonyl (C=O) groups is 1. The van der Waals surface area contributed by atoms with Crippen LogP contribution < -0.4 is 5.32 Å². The number of nitrogens with zero attached hydrogens (tertiary/aromatic N) is 1. The molecule has 1 atom stereocenters. The van der Waals surface area contributed by atoms with Crippen LogP contribution in [0.25, 0.3) is 0 Å². The van der Waals surface area contributed by atoms with Crippen LogP contribution in [0.5, 0.6) is 0 Å². The maximum absolute atomic E-state index is 12.5. The highest BCUT2D eigenvalue weighted by Gasteiger charge is 2.39. The molecule has 0 aromatic carbocycles. The third-order valence-electron chi connectivity index (χ3n) is 5.62. The molecule has 3 rings (SSSR count). The third kappa shape index (κ3) is 3.98. The normalized spacial score (nSPS) is 30.9. The predicted octanol–water partition coefficient (Wildman–Crippen LogP) is 2.16. The zero-order valence-corrected chi connectivity index (χ0v) is 14.4. The number of piperidine rings is 1. The van der Waals surface area contributed by atoms with E-state index in [1.165, 1.54) is 38.6 Å². The standard InChI is InChI=1S/C17H30N2O2S/c20-16(17(21)8-11-22-12-9-17)18-14-5-4-10-19(13-14)15-6-2-1-3-7-15/h14-15,21H,1-13H2,(H,18,20). The molecule has 22 heavy (non-hydrogen) atoms. The third-order valence-corrected chi connectivity index (χ3v) is 6.61. The lowest BCUT2D eigenvalue weighted by molar-refractivity contribution is -0.141. The Hall–Kier alpha value is -0.260. The Bertz CT molecular complexity index is 379. The first-order valence-corrected chi connectivity index (χ1v) is 10.2. The summed E-state index contributed by atoms with van der Waals surface area (Å²) in [5.74, 6) is 1.66. The van der Waals surface area contributed by atoms with Crippen molar-refractivity contribution in [3.63, 3.8) is 0 Å². The van der Waals surface area contributed by atoms with E-state index in [0.29, 0.717) is 12.8 Å². The van der Waals surface area contributed by atoms with E-state index in [2.05, 4.69) is 10.2 Å². The van der Waals surface area contributed by atoms with Crippen LogP contribution in [-0.2, 0) is 4.79 Å². The second-order valence-electron chi connectivity index (χ2n) is 7.24. The summed E-state index contributed by atoms with van der Waals surface area (Å²) in [4.78, 5) is 15.1. The van der Waals surface area contributed by atoms with Gasteiger partial charge in [-0.15, -0.1) is 0 Å². The van der Waals surface area contributed by atoms with Crippen LogP contribution in [-0.4, -0.2) is 58.2 Å². The van der Waals surface area contributed by atoms with Gasteiger partial charge < -0.3 is 10.4 Å².